The van der Waals surface area contributed by atoms with Crippen LogP contribution in [0.4, 0.5) is 0 Å². The molecule has 0 aromatic rings. The van der Waals surface area contributed by atoms with E-state index in [1.54, 1.807) is 7.11 Å². The summed E-state index contributed by atoms with van der Waals surface area (Å²) >= 11 is 0. The Labute approximate surface area is 96.2 Å². The normalized spacial score (nSPS) is 40.1. The minimum atomic E-state index is -0.483. The molecular formula is C12H20O4. The Kier molecular flexibility index (Phi) is 3.64. The van der Waals surface area contributed by atoms with E-state index in [1.165, 1.54) is 0 Å². The van der Waals surface area contributed by atoms with Crippen LogP contribution in [0.5, 0.6) is 0 Å². The molecule has 0 amide bonds. The van der Waals surface area contributed by atoms with Crippen molar-refractivity contribution >= 4 is 0 Å². The molecule has 2 aliphatic rings. The summed E-state index contributed by atoms with van der Waals surface area (Å²) in [5, 5.41) is 10.0. The fourth-order valence-corrected chi connectivity index (χ4v) is 2.57. The van der Waals surface area contributed by atoms with Crippen molar-refractivity contribution in [2.75, 3.05) is 13.7 Å². The fourth-order valence-electron chi connectivity index (χ4n) is 2.57. The molecule has 2 aliphatic heterocycles. The molecule has 0 saturated carbocycles. The first-order chi connectivity index (χ1) is 7.69. The van der Waals surface area contributed by atoms with Crippen LogP contribution in [0.25, 0.3) is 0 Å². The van der Waals surface area contributed by atoms with Crippen molar-refractivity contribution < 1.29 is 19.3 Å². The molecule has 5 atom stereocenters. The predicted molar refractivity (Wildman–Crippen MR) is 59.0 cm³/mol. The van der Waals surface area contributed by atoms with Crippen molar-refractivity contribution in [3.63, 3.8) is 0 Å². The molecule has 0 bridgehead atoms. The first-order valence-corrected chi connectivity index (χ1v) is 5.84. The summed E-state index contributed by atoms with van der Waals surface area (Å²) in [6.07, 6.45) is 0.463. The molecule has 0 radical (unpaired) electrons. The lowest BCUT2D eigenvalue weighted by molar-refractivity contribution is -0.156. The van der Waals surface area contributed by atoms with Gasteiger partial charge in [-0.3, -0.25) is 0 Å². The zero-order chi connectivity index (χ0) is 11.7. The third-order valence-electron chi connectivity index (χ3n) is 3.39. The van der Waals surface area contributed by atoms with Crippen LogP contribution in [0.3, 0.4) is 0 Å². The number of hydrogen-bond donors (Lipinski definition) is 1. The van der Waals surface area contributed by atoms with Gasteiger partial charge in [-0.2, -0.15) is 0 Å². The predicted octanol–water partition coefficient (Wildman–Crippen LogP) is 1.09. The number of aliphatic hydroxyl groups excluding tert-OH is 1. The van der Waals surface area contributed by atoms with E-state index in [0.717, 1.165) is 18.4 Å². The maximum absolute atomic E-state index is 10.0. The molecular weight excluding hydrogens is 208 g/mol. The Morgan fingerprint density at radius 2 is 2.38 bits per heavy atom. The van der Waals surface area contributed by atoms with Crippen LogP contribution in [0.15, 0.2) is 12.2 Å². The van der Waals surface area contributed by atoms with Gasteiger partial charge in [0.15, 0.2) is 6.29 Å². The van der Waals surface area contributed by atoms with Crippen LogP contribution in [0.2, 0.25) is 0 Å². The van der Waals surface area contributed by atoms with E-state index in [9.17, 15) is 5.11 Å². The third-order valence-corrected chi connectivity index (χ3v) is 3.39. The summed E-state index contributed by atoms with van der Waals surface area (Å²) < 4.78 is 16.6. The fraction of sp³-hybridized carbons (Fsp3) is 0.833. The second-order valence-corrected chi connectivity index (χ2v) is 4.52. The van der Waals surface area contributed by atoms with Crippen molar-refractivity contribution in [3.05, 3.63) is 12.2 Å². The zero-order valence-electron chi connectivity index (χ0n) is 9.89. The highest BCUT2D eigenvalue weighted by Crippen LogP contribution is 2.41. The Balaban J connectivity index is 2.09. The molecule has 0 aliphatic carbocycles. The maximum Gasteiger partial charge on any atom is 0.166 e. The van der Waals surface area contributed by atoms with Gasteiger partial charge in [0.2, 0.25) is 0 Å². The van der Waals surface area contributed by atoms with E-state index in [4.69, 9.17) is 14.2 Å². The Morgan fingerprint density at radius 3 is 3.00 bits per heavy atom. The molecule has 16 heavy (non-hydrogen) atoms. The van der Waals surface area contributed by atoms with Gasteiger partial charge in [-0.15, -0.1) is 0 Å². The van der Waals surface area contributed by atoms with Crippen LogP contribution >= 0.6 is 0 Å². The van der Waals surface area contributed by atoms with E-state index >= 15 is 0 Å². The number of fused-ring (bicyclic) bond motifs is 1. The molecule has 4 heteroatoms. The molecule has 0 aromatic heterocycles. The van der Waals surface area contributed by atoms with Crippen LogP contribution < -0.4 is 0 Å². The summed E-state index contributed by atoms with van der Waals surface area (Å²) in [7, 11) is 1.61. The Morgan fingerprint density at radius 1 is 1.62 bits per heavy atom. The maximum atomic E-state index is 10.0. The third kappa shape index (κ3) is 1.91. The van der Waals surface area contributed by atoms with E-state index in [2.05, 4.69) is 6.58 Å². The van der Waals surface area contributed by atoms with Crippen molar-refractivity contribution in [1.29, 1.82) is 0 Å². The molecule has 92 valence electrons. The molecule has 2 fully saturated rings. The highest BCUT2D eigenvalue weighted by atomic mass is 16.7. The lowest BCUT2D eigenvalue weighted by Crippen LogP contribution is -2.36. The topological polar surface area (TPSA) is 47.9 Å². The average Bonchev–Trinajstić information content (AvgIpc) is 2.80. The molecule has 1 unspecified atom stereocenters. The number of methoxy groups -OCH3 is 1. The van der Waals surface area contributed by atoms with Crippen LogP contribution in [-0.2, 0) is 14.2 Å². The van der Waals surface area contributed by atoms with Crippen molar-refractivity contribution in [2.45, 2.75) is 44.4 Å². The standard InChI is InChI=1S/C12H20O4/c1-4-5-8(13)10-11-9(7(2)6-15-11)12(14-3)16-10/h8-13H,2,4-6H2,1,3H3/t8?,9-,10+,11+,12+/m0/s1. The van der Waals surface area contributed by atoms with Gasteiger partial charge in [0.05, 0.1) is 24.7 Å². The van der Waals surface area contributed by atoms with Gasteiger partial charge in [-0.1, -0.05) is 19.9 Å². The Bertz CT molecular complexity index is 266. The van der Waals surface area contributed by atoms with Crippen LogP contribution in [0.1, 0.15) is 19.8 Å². The largest absolute Gasteiger partial charge is 0.390 e. The van der Waals surface area contributed by atoms with E-state index in [1.807, 2.05) is 6.92 Å². The monoisotopic (exact) mass is 228 g/mol. The van der Waals surface area contributed by atoms with Crippen LogP contribution in [-0.4, -0.2) is 43.4 Å². The second kappa shape index (κ2) is 4.84. The van der Waals surface area contributed by atoms with Gasteiger partial charge in [0.25, 0.3) is 0 Å². The Hall–Kier alpha value is -0.420. The molecule has 0 spiro atoms. The van der Waals surface area contributed by atoms with E-state index in [-0.39, 0.29) is 24.4 Å². The average molecular weight is 228 g/mol. The van der Waals surface area contributed by atoms with Gasteiger partial charge in [0, 0.05) is 7.11 Å². The molecule has 4 nitrogen and oxygen atoms in total. The minimum absolute atomic E-state index is 0.0708. The summed E-state index contributed by atoms with van der Waals surface area (Å²) in [4.78, 5) is 0. The van der Waals surface area contributed by atoms with E-state index in [0.29, 0.717) is 6.61 Å². The minimum Gasteiger partial charge on any atom is -0.390 e. The zero-order valence-corrected chi connectivity index (χ0v) is 9.89. The second-order valence-electron chi connectivity index (χ2n) is 4.52. The number of ether oxygens (including phenoxy) is 3. The molecule has 0 aromatic carbocycles. The summed E-state index contributed by atoms with van der Waals surface area (Å²) in [6, 6.07) is 0. The summed E-state index contributed by atoms with van der Waals surface area (Å²) in [5.74, 6) is 0.0708. The summed E-state index contributed by atoms with van der Waals surface area (Å²) in [5.41, 5.74) is 1.00. The lowest BCUT2D eigenvalue weighted by Gasteiger charge is -2.21. The molecule has 2 rings (SSSR count). The van der Waals surface area contributed by atoms with Gasteiger partial charge in [0.1, 0.15) is 6.10 Å². The quantitative estimate of drug-likeness (QED) is 0.732. The van der Waals surface area contributed by atoms with Crippen LogP contribution in [0, 0.1) is 5.92 Å². The van der Waals surface area contributed by atoms with Crippen molar-refractivity contribution in [2.24, 2.45) is 5.92 Å². The number of hydrogen-bond acceptors (Lipinski definition) is 4. The molecule has 2 saturated heterocycles. The first kappa shape index (κ1) is 12.0. The van der Waals surface area contributed by atoms with E-state index < -0.39 is 6.10 Å². The first-order valence-electron chi connectivity index (χ1n) is 5.84. The SMILES string of the molecule is C=C1CO[C@@H]2[C@H]1[C@H](OC)O[C@@H]2C(O)CCC. The number of aliphatic hydroxyl groups is 1. The smallest absolute Gasteiger partial charge is 0.166 e. The highest BCUT2D eigenvalue weighted by molar-refractivity contribution is 5.15. The number of rotatable bonds is 4. The van der Waals surface area contributed by atoms with Crippen molar-refractivity contribution in [1.82, 2.24) is 0 Å². The van der Waals surface area contributed by atoms with Gasteiger partial charge >= 0.3 is 0 Å². The molecule has 2 heterocycles. The summed E-state index contributed by atoms with van der Waals surface area (Å²) in [6.45, 7) is 6.56. The molecule has 1 N–H and O–H groups in total. The van der Waals surface area contributed by atoms with Crippen molar-refractivity contribution in [3.8, 4) is 0 Å². The lowest BCUT2D eigenvalue weighted by atomic mass is 9.93. The highest BCUT2D eigenvalue weighted by Gasteiger charge is 2.52. The van der Waals surface area contributed by atoms with Gasteiger partial charge in [-0.25, -0.2) is 0 Å². The van der Waals surface area contributed by atoms with Gasteiger partial charge in [-0.05, 0) is 12.0 Å². The van der Waals surface area contributed by atoms with Gasteiger partial charge < -0.3 is 19.3 Å².